The molecule has 3 atom stereocenters. The number of likely N-dealkylation sites (tertiary alicyclic amines) is 1. The number of esters is 1. The fourth-order valence-electron chi connectivity index (χ4n) is 5.05. The van der Waals surface area contributed by atoms with Crippen molar-refractivity contribution in [2.75, 3.05) is 63.9 Å². The number of halogens is 1. The van der Waals surface area contributed by atoms with Gasteiger partial charge in [0.1, 0.15) is 11.9 Å². The lowest BCUT2D eigenvalue weighted by Crippen LogP contribution is -2.56. The first-order valence-corrected chi connectivity index (χ1v) is 11.3. The molecule has 1 aromatic rings. The van der Waals surface area contributed by atoms with Crippen LogP contribution >= 0.6 is 0 Å². The summed E-state index contributed by atoms with van der Waals surface area (Å²) in [5.41, 5.74) is 6.93. The van der Waals surface area contributed by atoms with Crippen molar-refractivity contribution < 1.29 is 13.9 Å². The van der Waals surface area contributed by atoms with Gasteiger partial charge in [-0.2, -0.15) is 0 Å². The van der Waals surface area contributed by atoms with Crippen LogP contribution in [0.1, 0.15) is 19.8 Å². The number of nitrogens with one attached hydrogen (secondary N) is 2. The molecule has 30 heavy (non-hydrogen) atoms. The van der Waals surface area contributed by atoms with E-state index in [-0.39, 0.29) is 23.7 Å². The number of nitrogens with zero attached hydrogens (tertiary/aromatic N) is 3. The highest BCUT2D eigenvalue weighted by Crippen LogP contribution is 2.24. The molecule has 3 fully saturated rings. The first kappa shape index (κ1) is 21.5. The molecule has 0 aliphatic carbocycles. The Kier molecular flexibility index (Phi) is 7.20. The number of hydrogen-bond acceptors (Lipinski definition) is 7. The molecule has 3 saturated heterocycles. The van der Waals surface area contributed by atoms with E-state index in [4.69, 9.17) is 4.74 Å². The molecule has 1 aromatic carbocycles. The molecule has 0 spiro atoms. The van der Waals surface area contributed by atoms with Gasteiger partial charge in [-0.15, -0.1) is 0 Å². The van der Waals surface area contributed by atoms with Gasteiger partial charge in [0.15, 0.2) is 0 Å². The van der Waals surface area contributed by atoms with Crippen molar-refractivity contribution in [3.63, 3.8) is 0 Å². The molecular formula is C22H34FN5O2. The molecule has 7 nitrogen and oxygen atoms in total. The largest absolute Gasteiger partial charge is 0.465 e. The zero-order valence-corrected chi connectivity index (χ0v) is 17.9. The van der Waals surface area contributed by atoms with Crippen LogP contribution in [0.3, 0.4) is 0 Å². The minimum Gasteiger partial charge on any atom is -0.465 e. The highest BCUT2D eigenvalue weighted by atomic mass is 19.1. The van der Waals surface area contributed by atoms with E-state index in [2.05, 4.69) is 25.6 Å². The second kappa shape index (κ2) is 10.0. The third-order valence-corrected chi connectivity index (χ3v) is 6.63. The Bertz CT molecular complexity index is 713. The Morgan fingerprint density at radius 2 is 2.00 bits per heavy atom. The van der Waals surface area contributed by atoms with Gasteiger partial charge < -0.3 is 14.5 Å². The van der Waals surface area contributed by atoms with Gasteiger partial charge in [-0.3, -0.25) is 15.1 Å². The number of carbonyl (C=O) groups excluding carboxylic acids is 1. The maximum atomic E-state index is 14.1. The van der Waals surface area contributed by atoms with Crippen LogP contribution < -0.4 is 15.8 Å². The molecule has 0 radical (unpaired) electrons. The normalized spacial score (nSPS) is 28.6. The Balaban J connectivity index is 1.28. The summed E-state index contributed by atoms with van der Waals surface area (Å²) < 4.78 is 19.3. The van der Waals surface area contributed by atoms with Gasteiger partial charge in [-0.25, -0.2) is 9.82 Å². The molecule has 2 N–H and O–H groups in total. The standard InChI is InChI=1S/C22H34FN5O2/c1-2-30-22(29)21-17(14-24-25-21)15-26-9-5-6-18(16-26)27-10-12-28(13-11-27)20-8-4-3-7-19(20)23/h3-4,7-8,17-18,21,24-25H,2,5-6,9-16H2,1H3. The molecule has 3 aliphatic heterocycles. The lowest BCUT2D eigenvalue weighted by atomic mass is 9.98. The number of rotatable bonds is 6. The lowest BCUT2D eigenvalue weighted by molar-refractivity contribution is -0.146. The number of anilines is 1. The number of para-hydroxylation sites is 1. The van der Waals surface area contributed by atoms with E-state index in [9.17, 15) is 9.18 Å². The van der Waals surface area contributed by atoms with E-state index in [0.717, 1.165) is 52.4 Å². The molecular weight excluding hydrogens is 385 g/mol. The zero-order chi connectivity index (χ0) is 20.9. The number of hydrazine groups is 1. The van der Waals surface area contributed by atoms with Crippen LogP contribution in [0.25, 0.3) is 0 Å². The number of hydrogen-bond donors (Lipinski definition) is 2. The average Bonchev–Trinajstić information content (AvgIpc) is 3.23. The number of benzene rings is 1. The number of piperazine rings is 1. The van der Waals surface area contributed by atoms with Crippen LogP contribution in [0.2, 0.25) is 0 Å². The molecule has 0 amide bonds. The summed E-state index contributed by atoms with van der Waals surface area (Å²) in [5.74, 6) is -0.0734. The van der Waals surface area contributed by atoms with Crippen LogP contribution in [0, 0.1) is 11.7 Å². The molecule has 3 aliphatic rings. The van der Waals surface area contributed by atoms with Crippen LogP contribution in [0.15, 0.2) is 24.3 Å². The zero-order valence-electron chi connectivity index (χ0n) is 17.9. The van der Waals surface area contributed by atoms with Gasteiger partial charge >= 0.3 is 5.97 Å². The van der Waals surface area contributed by atoms with Crippen LogP contribution in [0.4, 0.5) is 10.1 Å². The number of carbonyl (C=O) groups is 1. The van der Waals surface area contributed by atoms with Crippen LogP contribution in [-0.4, -0.2) is 86.8 Å². The number of ether oxygens (including phenoxy) is 1. The third-order valence-electron chi connectivity index (χ3n) is 6.63. The van der Waals surface area contributed by atoms with Gasteiger partial charge in [0.2, 0.25) is 0 Å². The van der Waals surface area contributed by atoms with Crippen molar-refractivity contribution in [2.24, 2.45) is 5.92 Å². The summed E-state index contributed by atoms with van der Waals surface area (Å²) in [7, 11) is 0. The van der Waals surface area contributed by atoms with Crippen LogP contribution in [-0.2, 0) is 9.53 Å². The second-order valence-electron chi connectivity index (χ2n) is 8.55. The molecule has 0 saturated carbocycles. The van der Waals surface area contributed by atoms with E-state index >= 15 is 0 Å². The third kappa shape index (κ3) is 4.94. The first-order valence-electron chi connectivity index (χ1n) is 11.3. The highest BCUT2D eigenvalue weighted by molar-refractivity contribution is 5.76. The Hall–Kier alpha value is -1.74. The Morgan fingerprint density at radius 1 is 1.20 bits per heavy atom. The van der Waals surface area contributed by atoms with E-state index < -0.39 is 0 Å². The van der Waals surface area contributed by atoms with Gasteiger partial charge in [0.05, 0.1) is 12.3 Å². The predicted octanol–water partition coefficient (Wildman–Crippen LogP) is 1.07. The van der Waals surface area contributed by atoms with Gasteiger partial charge in [0.25, 0.3) is 0 Å². The highest BCUT2D eigenvalue weighted by Gasteiger charge is 2.36. The SMILES string of the molecule is CCOC(=O)C1NNCC1CN1CCCC(N2CCN(c3ccccc3F)CC2)C1. The maximum absolute atomic E-state index is 14.1. The van der Waals surface area contributed by atoms with Gasteiger partial charge in [-0.1, -0.05) is 12.1 Å². The molecule has 4 rings (SSSR count). The predicted molar refractivity (Wildman–Crippen MR) is 115 cm³/mol. The smallest absolute Gasteiger partial charge is 0.324 e. The van der Waals surface area contributed by atoms with Gasteiger partial charge in [0, 0.05) is 57.8 Å². The van der Waals surface area contributed by atoms with E-state index in [1.165, 1.54) is 18.9 Å². The molecule has 3 heterocycles. The summed E-state index contributed by atoms with van der Waals surface area (Å²) in [6, 6.07) is 7.32. The second-order valence-corrected chi connectivity index (χ2v) is 8.55. The molecule has 166 valence electrons. The lowest BCUT2D eigenvalue weighted by Gasteiger charge is -2.44. The van der Waals surface area contributed by atoms with Crippen molar-refractivity contribution >= 4 is 11.7 Å². The monoisotopic (exact) mass is 419 g/mol. The van der Waals surface area contributed by atoms with Crippen molar-refractivity contribution in [1.29, 1.82) is 0 Å². The maximum Gasteiger partial charge on any atom is 0.324 e. The summed E-state index contributed by atoms with van der Waals surface area (Å²) in [4.78, 5) is 19.4. The summed E-state index contributed by atoms with van der Waals surface area (Å²) in [6.07, 6.45) is 2.38. The molecule has 3 unspecified atom stereocenters. The van der Waals surface area contributed by atoms with Crippen molar-refractivity contribution in [3.05, 3.63) is 30.1 Å². The number of piperidine rings is 1. The fraction of sp³-hybridized carbons (Fsp3) is 0.682. The van der Waals surface area contributed by atoms with Crippen LogP contribution in [0.5, 0.6) is 0 Å². The summed E-state index contributed by atoms with van der Waals surface area (Å²) >= 11 is 0. The fourth-order valence-corrected chi connectivity index (χ4v) is 5.05. The van der Waals surface area contributed by atoms with E-state index in [1.54, 1.807) is 6.07 Å². The first-order chi connectivity index (χ1) is 14.7. The Labute approximate surface area is 178 Å². The summed E-state index contributed by atoms with van der Waals surface area (Å²) in [6.45, 7) is 9.70. The topological polar surface area (TPSA) is 60.1 Å². The minimum absolute atomic E-state index is 0.135. The van der Waals surface area contributed by atoms with Crippen molar-refractivity contribution in [2.45, 2.75) is 31.8 Å². The average molecular weight is 420 g/mol. The molecule has 8 heteroatoms. The van der Waals surface area contributed by atoms with Crippen molar-refractivity contribution in [1.82, 2.24) is 20.7 Å². The molecule has 0 bridgehead atoms. The van der Waals surface area contributed by atoms with Gasteiger partial charge in [-0.05, 0) is 38.4 Å². The minimum atomic E-state index is -0.269. The van der Waals surface area contributed by atoms with E-state index in [0.29, 0.717) is 18.3 Å². The quantitative estimate of drug-likeness (QED) is 0.669. The van der Waals surface area contributed by atoms with Crippen molar-refractivity contribution in [3.8, 4) is 0 Å². The summed E-state index contributed by atoms with van der Waals surface area (Å²) in [5, 5.41) is 0. The Morgan fingerprint density at radius 3 is 2.77 bits per heavy atom. The molecule has 0 aromatic heterocycles. The van der Waals surface area contributed by atoms with E-state index in [1.807, 2.05) is 19.1 Å².